The topological polar surface area (TPSA) is 96.7 Å². The fourth-order valence-electron chi connectivity index (χ4n) is 1.26. The molecule has 6 heteroatoms. The van der Waals surface area contributed by atoms with E-state index < -0.39 is 0 Å². The van der Waals surface area contributed by atoms with Gasteiger partial charge in [-0.3, -0.25) is 10.2 Å². The smallest absolute Gasteiger partial charge is 0.244 e. The second-order valence-corrected chi connectivity index (χ2v) is 2.93. The Labute approximate surface area is 76.9 Å². The van der Waals surface area contributed by atoms with Crippen LogP contribution in [0.3, 0.4) is 0 Å². The van der Waals surface area contributed by atoms with Crippen LogP contribution in [-0.2, 0) is 4.79 Å². The van der Waals surface area contributed by atoms with Crippen LogP contribution in [0.4, 0.5) is 0 Å². The lowest BCUT2D eigenvalue weighted by Crippen LogP contribution is -2.38. The van der Waals surface area contributed by atoms with Crippen LogP contribution in [-0.4, -0.2) is 36.4 Å². The molecule has 1 amide bonds. The van der Waals surface area contributed by atoms with Crippen molar-refractivity contribution in [2.75, 3.05) is 19.6 Å². The number of carbonyl (C=O) groups is 1. The van der Waals surface area contributed by atoms with Crippen molar-refractivity contribution in [1.29, 1.82) is 0 Å². The summed E-state index contributed by atoms with van der Waals surface area (Å²) in [7, 11) is 0. The SMILES string of the molecule is NNC(N)=NCC(=O)N1CCCC1. The Morgan fingerprint density at radius 3 is 2.62 bits per heavy atom. The summed E-state index contributed by atoms with van der Waals surface area (Å²) < 4.78 is 0. The molecular weight excluding hydrogens is 170 g/mol. The predicted molar refractivity (Wildman–Crippen MR) is 49.6 cm³/mol. The molecule has 0 aromatic rings. The van der Waals surface area contributed by atoms with Gasteiger partial charge in [-0.25, -0.2) is 10.8 Å². The van der Waals surface area contributed by atoms with Crippen molar-refractivity contribution in [2.45, 2.75) is 12.8 Å². The standard InChI is InChI=1S/C7H15N5O/c8-7(11-9)10-5-6(13)12-3-1-2-4-12/h1-5,9H2,(H3,8,10,11). The molecule has 0 aromatic carbocycles. The summed E-state index contributed by atoms with van der Waals surface area (Å²) in [5.41, 5.74) is 7.43. The third-order valence-electron chi connectivity index (χ3n) is 1.99. The van der Waals surface area contributed by atoms with E-state index in [1.807, 2.05) is 0 Å². The number of amides is 1. The number of aliphatic imine (C=N–C) groups is 1. The van der Waals surface area contributed by atoms with E-state index in [0.717, 1.165) is 25.9 Å². The predicted octanol–water partition coefficient (Wildman–Crippen LogP) is -1.61. The Bertz CT molecular complexity index is 209. The Morgan fingerprint density at radius 1 is 1.46 bits per heavy atom. The van der Waals surface area contributed by atoms with Crippen LogP contribution in [0.25, 0.3) is 0 Å². The summed E-state index contributed by atoms with van der Waals surface area (Å²) in [6.45, 7) is 1.75. The van der Waals surface area contributed by atoms with Crippen LogP contribution >= 0.6 is 0 Å². The van der Waals surface area contributed by atoms with Crippen LogP contribution in [0.1, 0.15) is 12.8 Å². The van der Waals surface area contributed by atoms with Gasteiger partial charge in [0.15, 0.2) is 0 Å². The highest BCUT2D eigenvalue weighted by Gasteiger charge is 2.16. The molecule has 1 aliphatic rings. The fourth-order valence-corrected chi connectivity index (χ4v) is 1.26. The maximum atomic E-state index is 11.4. The van der Waals surface area contributed by atoms with Gasteiger partial charge in [0.25, 0.3) is 0 Å². The highest BCUT2D eigenvalue weighted by atomic mass is 16.2. The lowest BCUT2D eigenvalue weighted by Gasteiger charge is -2.13. The summed E-state index contributed by atoms with van der Waals surface area (Å²) >= 11 is 0. The van der Waals surface area contributed by atoms with Crippen LogP contribution in [0.15, 0.2) is 4.99 Å². The first-order chi connectivity index (χ1) is 6.24. The molecule has 0 atom stereocenters. The van der Waals surface area contributed by atoms with E-state index in [1.54, 1.807) is 4.90 Å². The number of hydrogen-bond acceptors (Lipinski definition) is 3. The van der Waals surface area contributed by atoms with Gasteiger partial charge in [-0.15, -0.1) is 0 Å². The quantitative estimate of drug-likeness (QED) is 0.209. The number of guanidine groups is 1. The molecule has 1 rings (SSSR count). The van der Waals surface area contributed by atoms with Gasteiger partial charge in [0, 0.05) is 13.1 Å². The number of hydrogen-bond donors (Lipinski definition) is 3. The second-order valence-electron chi connectivity index (χ2n) is 2.93. The highest BCUT2D eigenvalue weighted by Crippen LogP contribution is 2.06. The van der Waals surface area contributed by atoms with Gasteiger partial charge in [-0.05, 0) is 12.8 Å². The van der Waals surface area contributed by atoms with E-state index in [2.05, 4.69) is 10.4 Å². The molecule has 1 heterocycles. The largest absolute Gasteiger partial charge is 0.369 e. The number of nitrogens with two attached hydrogens (primary N) is 2. The zero-order valence-corrected chi connectivity index (χ0v) is 7.49. The summed E-state index contributed by atoms with van der Waals surface area (Å²) in [6.07, 6.45) is 2.17. The van der Waals surface area contributed by atoms with Crippen molar-refractivity contribution in [3.8, 4) is 0 Å². The normalized spacial score (nSPS) is 17.6. The third kappa shape index (κ3) is 2.90. The number of rotatable bonds is 2. The van der Waals surface area contributed by atoms with Crippen molar-refractivity contribution in [1.82, 2.24) is 10.3 Å². The number of likely N-dealkylation sites (tertiary alicyclic amines) is 1. The monoisotopic (exact) mass is 185 g/mol. The summed E-state index contributed by atoms with van der Waals surface area (Å²) in [5.74, 6) is 5.08. The van der Waals surface area contributed by atoms with Gasteiger partial charge < -0.3 is 10.6 Å². The summed E-state index contributed by atoms with van der Waals surface area (Å²) in [6, 6.07) is 0. The average molecular weight is 185 g/mol. The lowest BCUT2D eigenvalue weighted by atomic mass is 10.4. The number of nitrogens with one attached hydrogen (secondary N) is 1. The van der Waals surface area contributed by atoms with Crippen molar-refractivity contribution in [3.63, 3.8) is 0 Å². The first-order valence-corrected chi connectivity index (χ1v) is 4.28. The molecule has 6 nitrogen and oxygen atoms in total. The van der Waals surface area contributed by atoms with Gasteiger partial charge >= 0.3 is 0 Å². The van der Waals surface area contributed by atoms with Crippen molar-refractivity contribution in [2.24, 2.45) is 16.6 Å². The molecule has 0 bridgehead atoms. The summed E-state index contributed by atoms with van der Waals surface area (Å²) in [5, 5.41) is 0. The molecule has 1 fully saturated rings. The minimum atomic E-state index is 0.00991. The van der Waals surface area contributed by atoms with Crippen LogP contribution in [0.5, 0.6) is 0 Å². The van der Waals surface area contributed by atoms with Crippen molar-refractivity contribution in [3.05, 3.63) is 0 Å². The van der Waals surface area contributed by atoms with Gasteiger partial charge in [0.05, 0.1) is 0 Å². The number of hydrazine groups is 1. The second kappa shape index (κ2) is 4.66. The third-order valence-corrected chi connectivity index (χ3v) is 1.99. The van der Waals surface area contributed by atoms with Crippen molar-refractivity contribution >= 4 is 11.9 Å². The zero-order valence-electron chi connectivity index (χ0n) is 7.49. The van der Waals surface area contributed by atoms with Gasteiger partial charge in [-0.1, -0.05) is 0 Å². The van der Waals surface area contributed by atoms with E-state index in [1.165, 1.54) is 0 Å². The molecular formula is C7H15N5O. The number of nitrogens with zero attached hydrogens (tertiary/aromatic N) is 2. The molecule has 74 valence electrons. The van der Waals surface area contributed by atoms with E-state index in [0.29, 0.717) is 0 Å². The maximum Gasteiger partial charge on any atom is 0.244 e. The first-order valence-electron chi connectivity index (χ1n) is 4.28. The Balaban J connectivity index is 2.32. The van der Waals surface area contributed by atoms with Crippen LogP contribution in [0, 0.1) is 0 Å². The molecule has 1 aliphatic heterocycles. The summed E-state index contributed by atoms with van der Waals surface area (Å²) in [4.78, 5) is 16.9. The van der Waals surface area contributed by atoms with E-state index in [-0.39, 0.29) is 18.4 Å². The van der Waals surface area contributed by atoms with E-state index in [4.69, 9.17) is 11.6 Å². The average Bonchev–Trinajstić information content (AvgIpc) is 2.66. The lowest BCUT2D eigenvalue weighted by molar-refractivity contribution is -0.128. The van der Waals surface area contributed by atoms with Gasteiger partial charge in [-0.2, -0.15) is 0 Å². The maximum absolute atomic E-state index is 11.4. The van der Waals surface area contributed by atoms with Gasteiger partial charge in [0.1, 0.15) is 6.54 Å². The minimum absolute atomic E-state index is 0.00991. The fraction of sp³-hybridized carbons (Fsp3) is 0.714. The van der Waals surface area contributed by atoms with Gasteiger partial charge in [0.2, 0.25) is 11.9 Å². The molecule has 5 N–H and O–H groups in total. The van der Waals surface area contributed by atoms with Crippen molar-refractivity contribution < 1.29 is 4.79 Å². The molecule has 0 spiro atoms. The minimum Gasteiger partial charge on any atom is -0.369 e. The molecule has 0 aromatic heterocycles. The van der Waals surface area contributed by atoms with Crippen LogP contribution < -0.4 is 17.0 Å². The Hall–Kier alpha value is -1.30. The molecule has 13 heavy (non-hydrogen) atoms. The van der Waals surface area contributed by atoms with Crippen LogP contribution in [0.2, 0.25) is 0 Å². The molecule has 0 unspecified atom stereocenters. The molecule has 1 saturated heterocycles. The molecule has 0 saturated carbocycles. The highest BCUT2D eigenvalue weighted by molar-refractivity contribution is 5.83. The number of carbonyl (C=O) groups excluding carboxylic acids is 1. The molecule has 0 aliphatic carbocycles. The Kier molecular flexibility index (Phi) is 3.51. The van der Waals surface area contributed by atoms with E-state index in [9.17, 15) is 4.79 Å². The zero-order chi connectivity index (χ0) is 9.68. The Morgan fingerprint density at radius 2 is 2.08 bits per heavy atom. The van der Waals surface area contributed by atoms with E-state index >= 15 is 0 Å². The molecule has 0 radical (unpaired) electrons. The first kappa shape index (κ1) is 9.79.